The number of carbonyl (C=O) groups is 1. The number of carbonyl (C=O) groups excluding carboxylic acids is 1. The van der Waals surface area contributed by atoms with Gasteiger partial charge in [-0.3, -0.25) is 4.79 Å². The van der Waals surface area contributed by atoms with Crippen LogP contribution >= 0.6 is 0 Å². The summed E-state index contributed by atoms with van der Waals surface area (Å²) >= 11 is 0. The molecule has 1 aromatic rings. The van der Waals surface area contributed by atoms with Crippen LogP contribution in [0.4, 0.5) is 0 Å². The van der Waals surface area contributed by atoms with Gasteiger partial charge in [0.2, 0.25) is 0 Å². The number of nitrogens with zero attached hydrogens (tertiary/aromatic N) is 2. The largest absolute Gasteiger partial charge is 0.294 e. The maximum absolute atomic E-state index is 11.1. The molecule has 0 radical (unpaired) electrons. The third-order valence-corrected chi connectivity index (χ3v) is 1.88. The van der Waals surface area contributed by atoms with Crippen molar-refractivity contribution in [3.8, 4) is 0 Å². The van der Waals surface area contributed by atoms with Crippen LogP contribution in [0.15, 0.2) is 6.20 Å². The lowest BCUT2D eigenvalue weighted by molar-refractivity contribution is 0.0994. The first-order valence-corrected chi connectivity index (χ1v) is 3.63. The van der Waals surface area contributed by atoms with Crippen LogP contribution < -0.4 is 0 Å². The molecule has 0 spiro atoms. The summed E-state index contributed by atoms with van der Waals surface area (Å²) in [4.78, 5) is 19.2. The van der Waals surface area contributed by atoms with Crippen LogP contribution in [0, 0.1) is 6.92 Å². The first-order valence-electron chi connectivity index (χ1n) is 3.63. The summed E-state index contributed by atoms with van der Waals surface area (Å²) in [6.45, 7) is 1.84. The summed E-state index contributed by atoms with van der Waals surface area (Å²) in [7, 11) is 0. The molecule has 11 heavy (non-hydrogen) atoms. The van der Waals surface area contributed by atoms with E-state index in [1.165, 1.54) is 0 Å². The number of hydrogen-bond acceptors (Lipinski definition) is 3. The molecule has 0 N–H and O–H groups in total. The van der Waals surface area contributed by atoms with E-state index in [0.717, 1.165) is 23.5 Å². The number of ketones is 1. The molecule has 0 saturated carbocycles. The molecule has 0 fully saturated rings. The molecule has 1 aromatic heterocycles. The molecule has 2 rings (SSSR count). The number of fused-ring (bicyclic) bond motifs is 1. The molecule has 0 unspecified atom stereocenters. The molecule has 3 nitrogen and oxygen atoms in total. The quantitative estimate of drug-likeness (QED) is 0.549. The van der Waals surface area contributed by atoms with E-state index in [1.54, 1.807) is 6.20 Å². The van der Waals surface area contributed by atoms with Crippen LogP contribution in [0.5, 0.6) is 0 Å². The van der Waals surface area contributed by atoms with Crippen molar-refractivity contribution in [1.29, 1.82) is 0 Å². The lowest BCUT2D eigenvalue weighted by atomic mass is 10.2. The van der Waals surface area contributed by atoms with Crippen molar-refractivity contribution in [2.75, 3.05) is 0 Å². The second kappa shape index (κ2) is 2.12. The van der Waals surface area contributed by atoms with Crippen LogP contribution in [0.3, 0.4) is 0 Å². The van der Waals surface area contributed by atoms with E-state index in [0.29, 0.717) is 6.42 Å². The third kappa shape index (κ3) is 0.926. The van der Waals surface area contributed by atoms with Crippen molar-refractivity contribution in [2.24, 2.45) is 0 Å². The maximum Gasteiger partial charge on any atom is 0.166 e. The highest BCUT2D eigenvalue weighted by atomic mass is 16.1. The zero-order valence-electron chi connectivity index (χ0n) is 6.29. The molecule has 0 aromatic carbocycles. The number of Topliss-reactive ketones (excluding diaryl/α,β-unsaturated/α-hetero) is 1. The Kier molecular flexibility index (Phi) is 1.24. The average Bonchev–Trinajstić information content (AvgIpc) is 2.32. The summed E-state index contributed by atoms with van der Waals surface area (Å²) < 4.78 is 0. The zero-order chi connectivity index (χ0) is 7.84. The highest BCUT2D eigenvalue weighted by molar-refractivity contribution is 5.99. The lowest BCUT2D eigenvalue weighted by Gasteiger charge is -1.95. The van der Waals surface area contributed by atoms with Crippen LogP contribution in [0.25, 0.3) is 0 Å². The number of hydrogen-bond donors (Lipinski definition) is 0. The zero-order valence-corrected chi connectivity index (χ0v) is 6.29. The second-order valence-corrected chi connectivity index (χ2v) is 2.70. The van der Waals surface area contributed by atoms with Gasteiger partial charge in [0, 0.05) is 12.6 Å². The Balaban J connectivity index is 2.59. The third-order valence-electron chi connectivity index (χ3n) is 1.88. The van der Waals surface area contributed by atoms with Gasteiger partial charge in [0.05, 0.1) is 11.3 Å². The minimum absolute atomic E-state index is 0.181. The Hall–Kier alpha value is -1.25. The Bertz CT molecular complexity index is 320. The number of aromatic nitrogens is 2. The fraction of sp³-hybridized carbons (Fsp3) is 0.375. The van der Waals surface area contributed by atoms with Gasteiger partial charge in [-0.2, -0.15) is 0 Å². The lowest BCUT2D eigenvalue weighted by Crippen LogP contribution is -1.96. The smallest absolute Gasteiger partial charge is 0.166 e. The SMILES string of the molecule is Cc1ncc2c(n1)CCC2=O. The van der Waals surface area contributed by atoms with E-state index in [9.17, 15) is 4.79 Å². The predicted octanol–water partition coefficient (Wildman–Crippen LogP) is 0.914. The summed E-state index contributed by atoms with van der Waals surface area (Å²) in [5, 5.41) is 0. The van der Waals surface area contributed by atoms with Crippen molar-refractivity contribution in [3.63, 3.8) is 0 Å². The Labute approximate surface area is 64.5 Å². The fourth-order valence-electron chi connectivity index (χ4n) is 1.31. The van der Waals surface area contributed by atoms with Gasteiger partial charge in [0.1, 0.15) is 5.82 Å². The first-order chi connectivity index (χ1) is 5.27. The molecule has 56 valence electrons. The van der Waals surface area contributed by atoms with Crippen molar-refractivity contribution >= 4 is 5.78 Å². The maximum atomic E-state index is 11.1. The van der Waals surface area contributed by atoms with Gasteiger partial charge >= 0.3 is 0 Å². The first kappa shape index (κ1) is 6.46. The Morgan fingerprint density at radius 3 is 3.09 bits per heavy atom. The van der Waals surface area contributed by atoms with E-state index in [-0.39, 0.29) is 5.78 Å². The summed E-state index contributed by atoms with van der Waals surface area (Å²) in [6.07, 6.45) is 3.03. The van der Waals surface area contributed by atoms with Gasteiger partial charge in [-0.1, -0.05) is 0 Å². The average molecular weight is 148 g/mol. The van der Waals surface area contributed by atoms with Gasteiger partial charge in [-0.05, 0) is 13.3 Å². The molecular weight excluding hydrogens is 140 g/mol. The number of rotatable bonds is 0. The van der Waals surface area contributed by atoms with Crippen LogP contribution in [-0.2, 0) is 6.42 Å². The summed E-state index contributed by atoms with van der Waals surface area (Å²) in [5.74, 6) is 0.929. The molecule has 3 heteroatoms. The van der Waals surface area contributed by atoms with Crippen LogP contribution in [-0.4, -0.2) is 15.8 Å². The predicted molar refractivity (Wildman–Crippen MR) is 39.4 cm³/mol. The monoisotopic (exact) mass is 148 g/mol. The molecule has 0 aliphatic heterocycles. The molecule has 0 atom stereocenters. The van der Waals surface area contributed by atoms with Crippen molar-refractivity contribution in [3.05, 3.63) is 23.3 Å². The van der Waals surface area contributed by atoms with Crippen molar-refractivity contribution < 1.29 is 4.79 Å². The van der Waals surface area contributed by atoms with Gasteiger partial charge in [-0.15, -0.1) is 0 Å². The van der Waals surface area contributed by atoms with E-state index >= 15 is 0 Å². The summed E-state index contributed by atoms with van der Waals surface area (Å²) in [6, 6.07) is 0. The van der Waals surface area contributed by atoms with Gasteiger partial charge in [0.25, 0.3) is 0 Å². The standard InChI is InChI=1S/C8H8N2O/c1-5-9-4-6-7(10-5)2-3-8(6)11/h4H,2-3H2,1H3. The number of aryl methyl sites for hydroxylation is 2. The molecular formula is C8H8N2O. The molecule has 0 amide bonds. The molecule has 1 aliphatic rings. The van der Waals surface area contributed by atoms with Crippen LogP contribution in [0.2, 0.25) is 0 Å². The van der Waals surface area contributed by atoms with Crippen molar-refractivity contribution in [2.45, 2.75) is 19.8 Å². The normalized spacial score (nSPS) is 15.2. The molecule has 1 aliphatic carbocycles. The van der Waals surface area contributed by atoms with Gasteiger partial charge in [-0.25, -0.2) is 9.97 Å². The minimum atomic E-state index is 0.181. The van der Waals surface area contributed by atoms with E-state index in [2.05, 4.69) is 9.97 Å². The topological polar surface area (TPSA) is 42.9 Å². The van der Waals surface area contributed by atoms with E-state index in [4.69, 9.17) is 0 Å². The molecule has 0 bridgehead atoms. The van der Waals surface area contributed by atoms with Crippen LogP contribution in [0.1, 0.15) is 28.3 Å². The Morgan fingerprint density at radius 2 is 2.27 bits per heavy atom. The van der Waals surface area contributed by atoms with E-state index < -0.39 is 0 Å². The molecule has 0 saturated heterocycles. The van der Waals surface area contributed by atoms with Gasteiger partial charge < -0.3 is 0 Å². The highest BCUT2D eigenvalue weighted by Gasteiger charge is 2.20. The fourth-order valence-corrected chi connectivity index (χ4v) is 1.31. The molecule has 1 heterocycles. The van der Waals surface area contributed by atoms with Gasteiger partial charge in [0.15, 0.2) is 5.78 Å². The summed E-state index contributed by atoms with van der Waals surface area (Å²) in [5.41, 5.74) is 1.64. The second-order valence-electron chi connectivity index (χ2n) is 2.70. The Morgan fingerprint density at radius 1 is 1.45 bits per heavy atom. The van der Waals surface area contributed by atoms with E-state index in [1.807, 2.05) is 6.92 Å². The minimum Gasteiger partial charge on any atom is -0.294 e. The highest BCUT2D eigenvalue weighted by Crippen LogP contribution is 2.18. The van der Waals surface area contributed by atoms with Crippen molar-refractivity contribution in [1.82, 2.24) is 9.97 Å².